The summed E-state index contributed by atoms with van der Waals surface area (Å²) in [6.07, 6.45) is 5.28. The molecule has 0 bridgehead atoms. The molecule has 1 aromatic rings. The number of nitrogens with one attached hydrogen (secondary N) is 1. The highest BCUT2D eigenvalue weighted by Gasteiger charge is 2.46. The third kappa shape index (κ3) is 5.10. The van der Waals surface area contributed by atoms with Crippen LogP contribution >= 0.6 is 35.0 Å². The van der Waals surface area contributed by atoms with E-state index in [1.165, 1.54) is 4.90 Å². The van der Waals surface area contributed by atoms with E-state index in [2.05, 4.69) is 5.32 Å². The van der Waals surface area contributed by atoms with Crippen molar-refractivity contribution < 1.29 is 14.4 Å². The second-order valence-electron chi connectivity index (χ2n) is 6.87. The fourth-order valence-corrected chi connectivity index (χ4v) is 4.89. The number of amides is 3. The zero-order chi connectivity index (χ0) is 20.1. The Balaban J connectivity index is 1.34. The molecular weight excluding hydrogens is 419 g/mol. The maximum absolute atomic E-state index is 12.4. The quantitative estimate of drug-likeness (QED) is 0.380. The van der Waals surface area contributed by atoms with Crippen LogP contribution in [0.3, 0.4) is 0 Å². The zero-order valence-corrected chi connectivity index (χ0v) is 17.7. The Kier molecular flexibility index (Phi) is 7.43. The standard InChI is InChI=1S/C20H22Cl2N2O3S/c21-14-6-5-13(17(22)11-14)12-28-10-8-23-18(25)7-9-24-19(26)15-3-1-2-4-16(15)20(24)27/h1-2,5-6,11,15-16H,3-4,7-10,12H2,(H,23,25)/t15-,16+. The van der Waals surface area contributed by atoms with Gasteiger partial charge in [0, 0.05) is 41.1 Å². The molecule has 1 N–H and O–H groups in total. The fraction of sp³-hybridized carbons (Fsp3) is 0.450. The summed E-state index contributed by atoms with van der Waals surface area (Å²) in [5.41, 5.74) is 1.00. The lowest BCUT2D eigenvalue weighted by Gasteiger charge is -2.14. The van der Waals surface area contributed by atoms with Crippen LogP contribution in [0.4, 0.5) is 0 Å². The van der Waals surface area contributed by atoms with Gasteiger partial charge in [0.1, 0.15) is 0 Å². The van der Waals surface area contributed by atoms with Crippen molar-refractivity contribution in [1.29, 1.82) is 0 Å². The van der Waals surface area contributed by atoms with Gasteiger partial charge in [-0.15, -0.1) is 0 Å². The number of likely N-dealkylation sites (tertiary alicyclic amines) is 1. The van der Waals surface area contributed by atoms with Gasteiger partial charge in [-0.1, -0.05) is 41.4 Å². The molecule has 28 heavy (non-hydrogen) atoms. The minimum absolute atomic E-state index is 0.137. The van der Waals surface area contributed by atoms with E-state index in [1.54, 1.807) is 23.9 Å². The molecule has 0 unspecified atom stereocenters. The molecule has 1 aromatic carbocycles. The van der Waals surface area contributed by atoms with Gasteiger partial charge in [-0.05, 0) is 30.5 Å². The number of halogens is 2. The number of allylic oxidation sites excluding steroid dienone is 2. The van der Waals surface area contributed by atoms with E-state index < -0.39 is 0 Å². The molecule has 8 heteroatoms. The zero-order valence-electron chi connectivity index (χ0n) is 15.3. The van der Waals surface area contributed by atoms with Crippen LogP contribution in [-0.2, 0) is 20.1 Å². The summed E-state index contributed by atoms with van der Waals surface area (Å²) >= 11 is 13.7. The first-order valence-corrected chi connectivity index (χ1v) is 11.2. The number of benzene rings is 1. The Morgan fingerprint density at radius 1 is 1.14 bits per heavy atom. The molecule has 0 saturated carbocycles. The average Bonchev–Trinajstić information content (AvgIpc) is 2.92. The van der Waals surface area contributed by atoms with Gasteiger partial charge in [-0.2, -0.15) is 11.8 Å². The molecule has 0 aromatic heterocycles. The molecule has 1 saturated heterocycles. The van der Waals surface area contributed by atoms with Gasteiger partial charge in [0.2, 0.25) is 17.7 Å². The first-order chi connectivity index (χ1) is 13.5. The van der Waals surface area contributed by atoms with Gasteiger partial charge in [0.05, 0.1) is 11.8 Å². The fourth-order valence-electron chi connectivity index (χ4n) is 3.47. The third-order valence-corrected chi connectivity index (χ3v) is 6.60. The van der Waals surface area contributed by atoms with E-state index in [0.29, 0.717) is 29.4 Å². The highest BCUT2D eigenvalue weighted by atomic mass is 35.5. The van der Waals surface area contributed by atoms with Crippen molar-refractivity contribution in [2.75, 3.05) is 18.8 Å². The normalized spacial score (nSPS) is 21.1. The Morgan fingerprint density at radius 2 is 1.82 bits per heavy atom. The molecule has 2 atom stereocenters. The molecule has 0 spiro atoms. The lowest BCUT2D eigenvalue weighted by atomic mass is 9.85. The molecule has 3 rings (SSSR count). The maximum atomic E-state index is 12.4. The smallest absolute Gasteiger partial charge is 0.233 e. The summed E-state index contributed by atoms with van der Waals surface area (Å²) in [6, 6.07) is 5.42. The van der Waals surface area contributed by atoms with Crippen molar-refractivity contribution in [2.45, 2.75) is 25.0 Å². The van der Waals surface area contributed by atoms with E-state index in [-0.39, 0.29) is 42.5 Å². The molecule has 1 heterocycles. The summed E-state index contributed by atoms with van der Waals surface area (Å²) in [5.74, 6) is 0.568. The van der Waals surface area contributed by atoms with E-state index in [9.17, 15) is 14.4 Å². The molecule has 0 radical (unpaired) electrons. The highest BCUT2D eigenvalue weighted by molar-refractivity contribution is 7.98. The molecular formula is C20H22Cl2N2O3S. The molecule has 2 aliphatic rings. The van der Waals surface area contributed by atoms with E-state index in [1.807, 2.05) is 18.2 Å². The van der Waals surface area contributed by atoms with Crippen molar-refractivity contribution in [2.24, 2.45) is 11.8 Å². The van der Waals surface area contributed by atoms with E-state index in [0.717, 1.165) is 17.1 Å². The predicted molar refractivity (Wildman–Crippen MR) is 112 cm³/mol. The minimum atomic E-state index is -0.239. The van der Waals surface area contributed by atoms with Crippen LogP contribution in [0.1, 0.15) is 24.8 Å². The summed E-state index contributed by atoms with van der Waals surface area (Å²) in [5, 5.41) is 4.08. The topological polar surface area (TPSA) is 66.5 Å². The highest BCUT2D eigenvalue weighted by Crippen LogP contribution is 2.35. The van der Waals surface area contributed by atoms with Gasteiger partial charge in [-0.3, -0.25) is 19.3 Å². The Bertz CT molecular complexity index is 774. The number of thioether (sulfide) groups is 1. The second-order valence-corrected chi connectivity index (χ2v) is 8.82. The maximum Gasteiger partial charge on any atom is 0.233 e. The first kappa shape index (κ1) is 21.2. The molecule has 1 aliphatic heterocycles. The molecule has 5 nitrogen and oxygen atoms in total. The largest absolute Gasteiger partial charge is 0.355 e. The number of nitrogens with zero attached hydrogens (tertiary/aromatic N) is 1. The Labute approximate surface area is 178 Å². The SMILES string of the molecule is O=C(CCN1C(=O)[C@H]2CC=CC[C@H]2C1=O)NCCSCc1ccc(Cl)cc1Cl. The lowest BCUT2D eigenvalue weighted by molar-refractivity contribution is -0.140. The number of carbonyl (C=O) groups excluding carboxylic acids is 3. The van der Waals surface area contributed by atoms with Crippen molar-refractivity contribution >= 4 is 52.7 Å². The van der Waals surface area contributed by atoms with Crippen LogP contribution in [0.2, 0.25) is 10.0 Å². The number of hydrogen-bond donors (Lipinski definition) is 1. The van der Waals surface area contributed by atoms with Crippen LogP contribution in [0.5, 0.6) is 0 Å². The van der Waals surface area contributed by atoms with Gasteiger partial charge in [0.25, 0.3) is 0 Å². The summed E-state index contributed by atoms with van der Waals surface area (Å²) in [4.78, 5) is 38.0. The van der Waals surface area contributed by atoms with Gasteiger partial charge >= 0.3 is 0 Å². The van der Waals surface area contributed by atoms with Gasteiger partial charge in [0.15, 0.2) is 0 Å². The number of carbonyl (C=O) groups is 3. The third-order valence-electron chi connectivity index (χ3n) is 5.00. The van der Waals surface area contributed by atoms with E-state index >= 15 is 0 Å². The molecule has 3 amide bonds. The summed E-state index contributed by atoms with van der Waals surface area (Å²) in [7, 11) is 0. The van der Waals surface area contributed by atoms with E-state index in [4.69, 9.17) is 23.2 Å². The van der Waals surface area contributed by atoms with Crippen LogP contribution < -0.4 is 5.32 Å². The van der Waals surface area contributed by atoms with Crippen LogP contribution in [0, 0.1) is 11.8 Å². The monoisotopic (exact) mass is 440 g/mol. The average molecular weight is 441 g/mol. The minimum Gasteiger partial charge on any atom is -0.355 e. The van der Waals surface area contributed by atoms with Crippen molar-refractivity contribution in [3.63, 3.8) is 0 Å². The molecule has 1 aliphatic carbocycles. The van der Waals surface area contributed by atoms with Gasteiger partial charge in [-0.25, -0.2) is 0 Å². The first-order valence-electron chi connectivity index (χ1n) is 9.26. The number of imide groups is 1. The lowest BCUT2D eigenvalue weighted by Crippen LogP contribution is -2.36. The van der Waals surface area contributed by atoms with Crippen molar-refractivity contribution in [3.8, 4) is 0 Å². The van der Waals surface area contributed by atoms with Crippen LogP contribution in [-0.4, -0.2) is 41.5 Å². The predicted octanol–water partition coefficient (Wildman–Crippen LogP) is 3.68. The summed E-state index contributed by atoms with van der Waals surface area (Å²) in [6.45, 7) is 0.676. The molecule has 150 valence electrons. The van der Waals surface area contributed by atoms with Crippen LogP contribution in [0.15, 0.2) is 30.4 Å². The second kappa shape index (κ2) is 9.81. The molecule has 1 fully saturated rings. The Morgan fingerprint density at radius 3 is 2.46 bits per heavy atom. The van der Waals surface area contributed by atoms with Gasteiger partial charge < -0.3 is 5.32 Å². The van der Waals surface area contributed by atoms with Crippen LogP contribution in [0.25, 0.3) is 0 Å². The van der Waals surface area contributed by atoms with Crippen molar-refractivity contribution in [1.82, 2.24) is 10.2 Å². The number of hydrogen-bond acceptors (Lipinski definition) is 4. The number of fused-ring (bicyclic) bond motifs is 1. The summed E-state index contributed by atoms with van der Waals surface area (Å²) < 4.78 is 0. The Hall–Kier alpha value is -1.50. The van der Waals surface area contributed by atoms with Crippen molar-refractivity contribution in [3.05, 3.63) is 46.0 Å². The number of rotatable bonds is 8.